The van der Waals surface area contributed by atoms with Gasteiger partial charge in [-0.05, 0) is 64.0 Å². The predicted octanol–water partition coefficient (Wildman–Crippen LogP) is 3.19. The maximum absolute atomic E-state index is 12.9. The Labute approximate surface area is 124 Å². The van der Waals surface area contributed by atoms with Gasteiger partial charge in [-0.15, -0.1) is 0 Å². The maximum atomic E-state index is 12.9. The normalized spacial score (nSPS) is 28.3. The molecule has 1 saturated heterocycles. The molecule has 1 saturated carbocycles. The molecule has 3 heteroatoms. The van der Waals surface area contributed by atoms with E-state index in [1.807, 2.05) is 0 Å². The zero-order valence-electron chi connectivity index (χ0n) is 13.4. The van der Waals surface area contributed by atoms with Crippen LogP contribution < -0.4 is 5.32 Å². The van der Waals surface area contributed by atoms with Crippen molar-refractivity contribution in [3.8, 4) is 0 Å². The SMILES string of the molecule is CCCN(C(=O)C1CCC(CC)CC1)C1CCNCC1. The van der Waals surface area contributed by atoms with Crippen molar-refractivity contribution < 1.29 is 4.79 Å². The van der Waals surface area contributed by atoms with Crippen LogP contribution >= 0.6 is 0 Å². The van der Waals surface area contributed by atoms with Crippen LogP contribution in [-0.2, 0) is 4.79 Å². The molecular weight excluding hydrogens is 248 g/mol. The first kappa shape index (κ1) is 15.8. The molecule has 1 amide bonds. The second-order valence-electron chi connectivity index (χ2n) is 6.64. The molecule has 1 aliphatic heterocycles. The topological polar surface area (TPSA) is 32.3 Å². The molecule has 0 spiro atoms. The molecule has 20 heavy (non-hydrogen) atoms. The summed E-state index contributed by atoms with van der Waals surface area (Å²) in [7, 11) is 0. The van der Waals surface area contributed by atoms with Crippen LogP contribution in [0.3, 0.4) is 0 Å². The number of nitrogens with zero attached hydrogens (tertiary/aromatic N) is 1. The molecular formula is C17H32N2O. The van der Waals surface area contributed by atoms with Crippen LogP contribution in [0, 0.1) is 11.8 Å². The Morgan fingerprint density at radius 2 is 1.70 bits per heavy atom. The third-order valence-corrected chi connectivity index (χ3v) is 5.27. The van der Waals surface area contributed by atoms with E-state index in [1.54, 1.807) is 0 Å². The molecule has 2 aliphatic rings. The summed E-state index contributed by atoms with van der Waals surface area (Å²) in [5, 5.41) is 3.41. The molecule has 0 aromatic rings. The second kappa shape index (κ2) is 8.02. The number of carbonyl (C=O) groups is 1. The molecule has 116 valence electrons. The van der Waals surface area contributed by atoms with E-state index >= 15 is 0 Å². The van der Waals surface area contributed by atoms with Gasteiger partial charge < -0.3 is 10.2 Å². The van der Waals surface area contributed by atoms with Crippen molar-refractivity contribution in [2.45, 2.75) is 71.3 Å². The molecule has 0 aromatic carbocycles. The highest BCUT2D eigenvalue weighted by atomic mass is 16.2. The van der Waals surface area contributed by atoms with Gasteiger partial charge in [-0.1, -0.05) is 20.3 Å². The molecule has 1 N–H and O–H groups in total. The highest BCUT2D eigenvalue weighted by Crippen LogP contribution is 2.32. The largest absolute Gasteiger partial charge is 0.339 e. The first-order valence-electron chi connectivity index (χ1n) is 8.77. The molecule has 0 atom stereocenters. The molecule has 0 unspecified atom stereocenters. The lowest BCUT2D eigenvalue weighted by atomic mass is 9.80. The number of rotatable bonds is 5. The van der Waals surface area contributed by atoms with E-state index in [9.17, 15) is 4.79 Å². The van der Waals surface area contributed by atoms with E-state index < -0.39 is 0 Å². The van der Waals surface area contributed by atoms with Crippen LogP contribution in [0.2, 0.25) is 0 Å². The van der Waals surface area contributed by atoms with E-state index in [0.29, 0.717) is 17.9 Å². The van der Waals surface area contributed by atoms with Gasteiger partial charge in [0, 0.05) is 18.5 Å². The van der Waals surface area contributed by atoms with Crippen LogP contribution in [0.1, 0.15) is 65.2 Å². The summed E-state index contributed by atoms with van der Waals surface area (Å²) < 4.78 is 0. The first-order valence-corrected chi connectivity index (χ1v) is 8.77. The van der Waals surface area contributed by atoms with Crippen LogP contribution in [-0.4, -0.2) is 36.5 Å². The average Bonchev–Trinajstić information content (AvgIpc) is 2.53. The molecule has 2 fully saturated rings. The lowest BCUT2D eigenvalue weighted by Crippen LogP contribution is -2.49. The predicted molar refractivity (Wildman–Crippen MR) is 83.6 cm³/mol. The third-order valence-electron chi connectivity index (χ3n) is 5.27. The number of hydrogen-bond acceptors (Lipinski definition) is 2. The van der Waals surface area contributed by atoms with Crippen molar-refractivity contribution >= 4 is 5.91 Å². The van der Waals surface area contributed by atoms with Crippen molar-refractivity contribution in [3.05, 3.63) is 0 Å². The van der Waals surface area contributed by atoms with Gasteiger partial charge in [0.05, 0.1) is 0 Å². The second-order valence-corrected chi connectivity index (χ2v) is 6.64. The molecule has 0 radical (unpaired) electrons. The fraction of sp³-hybridized carbons (Fsp3) is 0.941. The van der Waals surface area contributed by atoms with Crippen molar-refractivity contribution in [1.29, 1.82) is 0 Å². The van der Waals surface area contributed by atoms with E-state index in [4.69, 9.17) is 0 Å². The van der Waals surface area contributed by atoms with Crippen molar-refractivity contribution in [2.24, 2.45) is 11.8 Å². The minimum absolute atomic E-state index is 0.319. The van der Waals surface area contributed by atoms with E-state index in [1.165, 1.54) is 19.3 Å². The van der Waals surface area contributed by atoms with E-state index in [0.717, 1.165) is 57.7 Å². The summed E-state index contributed by atoms with van der Waals surface area (Å²) in [6, 6.07) is 0.493. The molecule has 1 aliphatic carbocycles. The zero-order chi connectivity index (χ0) is 14.4. The van der Waals surface area contributed by atoms with Crippen molar-refractivity contribution in [2.75, 3.05) is 19.6 Å². The van der Waals surface area contributed by atoms with Crippen LogP contribution in [0.5, 0.6) is 0 Å². The number of piperidine rings is 1. The summed E-state index contributed by atoms with van der Waals surface area (Å²) in [6.45, 7) is 7.57. The minimum atomic E-state index is 0.319. The average molecular weight is 280 g/mol. The summed E-state index contributed by atoms with van der Waals surface area (Å²) in [5.41, 5.74) is 0. The lowest BCUT2D eigenvalue weighted by Gasteiger charge is -2.38. The molecule has 3 nitrogen and oxygen atoms in total. The standard InChI is InChI=1S/C17H32N2O/c1-3-13-19(16-9-11-18-12-10-16)17(20)15-7-5-14(4-2)6-8-15/h14-16,18H,3-13H2,1-2H3. The van der Waals surface area contributed by atoms with E-state index in [-0.39, 0.29) is 0 Å². The Kier molecular flexibility index (Phi) is 6.34. The van der Waals surface area contributed by atoms with Gasteiger partial charge >= 0.3 is 0 Å². The zero-order valence-corrected chi connectivity index (χ0v) is 13.4. The Bertz CT molecular complexity index is 291. The lowest BCUT2D eigenvalue weighted by molar-refractivity contribution is -0.139. The summed E-state index contributed by atoms with van der Waals surface area (Å²) in [5.74, 6) is 1.66. The Morgan fingerprint density at radius 1 is 1.05 bits per heavy atom. The highest BCUT2D eigenvalue weighted by Gasteiger charge is 2.32. The minimum Gasteiger partial charge on any atom is -0.339 e. The van der Waals surface area contributed by atoms with Gasteiger partial charge in [0.1, 0.15) is 0 Å². The molecule has 1 heterocycles. The summed E-state index contributed by atoms with van der Waals surface area (Å²) in [6.07, 6.45) is 9.42. The van der Waals surface area contributed by atoms with Gasteiger partial charge in [0.2, 0.25) is 5.91 Å². The molecule has 0 aromatic heterocycles. The smallest absolute Gasteiger partial charge is 0.225 e. The highest BCUT2D eigenvalue weighted by molar-refractivity contribution is 5.79. The van der Waals surface area contributed by atoms with Crippen LogP contribution in [0.15, 0.2) is 0 Å². The fourth-order valence-corrected chi connectivity index (χ4v) is 3.88. The van der Waals surface area contributed by atoms with Crippen LogP contribution in [0.25, 0.3) is 0 Å². The fourth-order valence-electron chi connectivity index (χ4n) is 3.88. The first-order chi connectivity index (χ1) is 9.76. The van der Waals surface area contributed by atoms with E-state index in [2.05, 4.69) is 24.1 Å². The molecule has 0 bridgehead atoms. The Morgan fingerprint density at radius 3 is 2.25 bits per heavy atom. The maximum Gasteiger partial charge on any atom is 0.225 e. The summed E-state index contributed by atoms with van der Waals surface area (Å²) in [4.78, 5) is 15.1. The monoisotopic (exact) mass is 280 g/mol. The quantitative estimate of drug-likeness (QED) is 0.839. The number of nitrogens with one attached hydrogen (secondary N) is 1. The van der Waals surface area contributed by atoms with Crippen molar-refractivity contribution in [3.63, 3.8) is 0 Å². The number of amides is 1. The Balaban J connectivity index is 1.92. The Hall–Kier alpha value is -0.570. The van der Waals surface area contributed by atoms with Gasteiger partial charge in [0.25, 0.3) is 0 Å². The van der Waals surface area contributed by atoms with Gasteiger partial charge in [-0.3, -0.25) is 4.79 Å². The van der Waals surface area contributed by atoms with Crippen LogP contribution in [0.4, 0.5) is 0 Å². The summed E-state index contributed by atoms with van der Waals surface area (Å²) >= 11 is 0. The van der Waals surface area contributed by atoms with Gasteiger partial charge in [-0.25, -0.2) is 0 Å². The van der Waals surface area contributed by atoms with Gasteiger partial charge in [-0.2, -0.15) is 0 Å². The third kappa shape index (κ3) is 3.97. The number of carbonyl (C=O) groups excluding carboxylic acids is 1. The van der Waals surface area contributed by atoms with Crippen molar-refractivity contribution in [1.82, 2.24) is 10.2 Å². The molecule has 2 rings (SSSR count). The number of hydrogen-bond donors (Lipinski definition) is 1. The van der Waals surface area contributed by atoms with Gasteiger partial charge in [0.15, 0.2) is 0 Å².